The van der Waals surface area contributed by atoms with Crippen LogP contribution < -0.4 is 15.4 Å². The largest absolute Gasteiger partial charge is 0.495 e. The number of benzene rings is 2. The van der Waals surface area contributed by atoms with Crippen molar-refractivity contribution in [2.24, 2.45) is 0 Å². The van der Waals surface area contributed by atoms with Crippen molar-refractivity contribution in [3.05, 3.63) is 64.9 Å². The second kappa shape index (κ2) is 7.31. The summed E-state index contributed by atoms with van der Waals surface area (Å²) in [4.78, 5) is 17.3. The molecule has 0 spiro atoms. The van der Waals surface area contributed by atoms with Crippen LogP contribution in [0.2, 0.25) is 0 Å². The highest BCUT2D eigenvalue weighted by Gasteiger charge is 2.16. The lowest BCUT2D eigenvalue weighted by Crippen LogP contribution is -2.11. The van der Waals surface area contributed by atoms with Gasteiger partial charge in [-0.3, -0.25) is 4.79 Å². The minimum absolute atomic E-state index is 0.325. The number of amides is 1. The van der Waals surface area contributed by atoms with Crippen molar-refractivity contribution in [1.29, 1.82) is 0 Å². The van der Waals surface area contributed by atoms with E-state index in [-0.39, 0.29) is 5.91 Å². The summed E-state index contributed by atoms with van der Waals surface area (Å²) in [7, 11) is 1.59. The molecule has 0 radical (unpaired) electrons. The van der Waals surface area contributed by atoms with Crippen molar-refractivity contribution in [3.8, 4) is 5.75 Å². The summed E-state index contributed by atoms with van der Waals surface area (Å²) < 4.78 is 18.5. The van der Waals surface area contributed by atoms with Crippen LogP contribution in [0.1, 0.15) is 15.4 Å². The van der Waals surface area contributed by atoms with Crippen molar-refractivity contribution in [3.63, 3.8) is 0 Å². The lowest BCUT2D eigenvalue weighted by atomic mass is 10.3. The summed E-state index contributed by atoms with van der Waals surface area (Å²) in [5.41, 5.74) is 1.75. The van der Waals surface area contributed by atoms with Gasteiger partial charge in [0.2, 0.25) is 0 Å². The first-order valence-corrected chi connectivity index (χ1v) is 8.33. The van der Waals surface area contributed by atoms with Gasteiger partial charge in [-0.1, -0.05) is 29.5 Å². The van der Waals surface area contributed by atoms with E-state index in [1.807, 2.05) is 24.3 Å². The number of ether oxygens (including phenoxy) is 1. The number of carbonyl (C=O) groups excluding carboxylic acids is 1. The van der Waals surface area contributed by atoms with Crippen molar-refractivity contribution >= 4 is 33.8 Å². The summed E-state index contributed by atoms with van der Waals surface area (Å²) in [6.45, 7) is 1.75. The SMILES string of the molecule is COc1ccccc1Nc1nc(C)c(C(=O)Nc2cccc(F)c2)s1. The molecule has 0 saturated heterocycles. The highest BCUT2D eigenvalue weighted by Crippen LogP contribution is 2.31. The average Bonchev–Trinajstić information content (AvgIpc) is 2.96. The number of rotatable bonds is 5. The number of nitrogens with zero attached hydrogens (tertiary/aromatic N) is 1. The molecule has 128 valence electrons. The number of halogens is 1. The Morgan fingerprint density at radius 3 is 2.76 bits per heavy atom. The molecule has 2 N–H and O–H groups in total. The fraction of sp³-hybridized carbons (Fsp3) is 0.111. The van der Waals surface area contributed by atoms with E-state index < -0.39 is 5.82 Å². The number of aromatic nitrogens is 1. The van der Waals surface area contributed by atoms with Crippen LogP contribution in [0.3, 0.4) is 0 Å². The van der Waals surface area contributed by atoms with Crippen LogP contribution in [0.25, 0.3) is 0 Å². The van der Waals surface area contributed by atoms with Gasteiger partial charge in [0, 0.05) is 5.69 Å². The van der Waals surface area contributed by atoms with Crippen molar-refractivity contribution in [1.82, 2.24) is 4.98 Å². The maximum absolute atomic E-state index is 13.2. The third-order valence-electron chi connectivity index (χ3n) is 3.43. The molecule has 1 amide bonds. The van der Waals surface area contributed by atoms with Gasteiger partial charge in [0.25, 0.3) is 5.91 Å². The van der Waals surface area contributed by atoms with E-state index in [4.69, 9.17) is 4.74 Å². The Hall–Kier alpha value is -2.93. The van der Waals surface area contributed by atoms with E-state index >= 15 is 0 Å². The van der Waals surface area contributed by atoms with Crippen LogP contribution in [0, 0.1) is 12.7 Å². The summed E-state index contributed by atoms with van der Waals surface area (Å²) >= 11 is 1.22. The van der Waals surface area contributed by atoms with Gasteiger partial charge >= 0.3 is 0 Å². The molecule has 3 rings (SSSR count). The zero-order valence-corrected chi connectivity index (χ0v) is 14.5. The summed E-state index contributed by atoms with van der Waals surface area (Å²) in [5, 5.41) is 6.41. The van der Waals surface area contributed by atoms with Crippen molar-refractivity contribution in [2.45, 2.75) is 6.92 Å². The molecule has 0 fully saturated rings. The Morgan fingerprint density at radius 2 is 2.00 bits per heavy atom. The number of para-hydroxylation sites is 2. The number of thiazole rings is 1. The number of anilines is 3. The fourth-order valence-corrected chi connectivity index (χ4v) is 3.15. The number of hydrogen-bond acceptors (Lipinski definition) is 5. The molecule has 0 aliphatic heterocycles. The van der Waals surface area contributed by atoms with Crippen LogP contribution in [0.5, 0.6) is 5.75 Å². The normalized spacial score (nSPS) is 10.4. The summed E-state index contributed by atoms with van der Waals surface area (Å²) in [6.07, 6.45) is 0. The first-order chi connectivity index (χ1) is 12.1. The Bertz CT molecular complexity index is 911. The Labute approximate surface area is 148 Å². The van der Waals surface area contributed by atoms with Crippen LogP contribution in [0.4, 0.5) is 20.9 Å². The lowest BCUT2D eigenvalue weighted by Gasteiger charge is -2.07. The number of carbonyl (C=O) groups is 1. The molecule has 1 aromatic heterocycles. The maximum atomic E-state index is 13.2. The molecule has 0 saturated carbocycles. The molecule has 25 heavy (non-hydrogen) atoms. The molecular weight excluding hydrogens is 341 g/mol. The van der Waals surface area contributed by atoms with Crippen LogP contribution in [0.15, 0.2) is 48.5 Å². The first-order valence-electron chi connectivity index (χ1n) is 7.51. The van der Waals surface area contributed by atoms with Crippen molar-refractivity contribution < 1.29 is 13.9 Å². The Morgan fingerprint density at radius 1 is 1.20 bits per heavy atom. The molecule has 2 aromatic carbocycles. The van der Waals surface area contributed by atoms with Gasteiger partial charge in [-0.25, -0.2) is 9.37 Å². The molecule has 0 bridgehead atoms. The molecule has 0 aliphatic carbocycles. The van der Waals surface area contributed by atoms with Gasteiger partial charge in [-0.05, 0) is 37.3 Å². The summed E-state index contributed by atoms with van der Waals surface area (Å²) in [6, 6.07) is 13.2. The van der Waals surface area contributed by atoms with E-state index in [0.29, 0.717) is 27.1 Å². The molecule has 0 aliphatic rings. The smallest absolute Gasteiger partial charge is 0.267 e. The quantitative estimate of drug-likeness (QED) is 0.701. The van der Waals surface area contributed by atoms with Crippen LogP contribution in [-0.2, 0) is 0 Å². The van der Waals surface area contributed by atoms with E-state index in [1.54, 1.807) is 26.2 Å². The van der Waals surface area contributed by atoms with Crippen LogP contribution in [-0.4, -0.2) is 18.0 Å². The van der Waals surface area contributed by atoms with Gasteiger partial charge in [0.1, 0.15) is 16.4 Å². The predicted molar refractivity (Wildman–Crippen MR) is 97.5 cm³/mol. The topological polar surface area (TPSA) is 63.2 Å². The minimum atomic E-state index is -0.405. The standard InChI is InChI=1S/C18H16FN3O2S/c1-11-16(17(23)21-13-7-5-6-12(19)10-13)25-18(20-11)22-14-8-3-4-9-15(14)24-2/h3-10H,1-2H3,(H,20,22)(H,21,23). The van der Waals surface area contributed by atoms with Gasteiger partial charge in [-0.15, -0.1) is 0 Å². The maximum Gasteiger partial charge on any atom is 0.267 e. The second-order valence-electron chi connectivity index (χ2n) is 5.22. The van der Waals surface area contributed by atoms with E-state index in [2.05, 4.69) is 15.6 Å². The van der Waals surface area contributed by atoms with E-state index in [9.17, 15) is 9.18 Å². The van der Waals surface area contributed by atoms with Gasteiger partial charge in [0.05, 0.1) is 18.5 Å². The zero-order valence-electron chi connectivity index (χ0n) is 13.7. The third-order valence-corrected chi connectivity index (χ3v) is 4.51. The fourth-order valence-electron chi connectivity index (χ4n) is 2.28. The molecule has 1 heterocycles. The number of nitrogens with one attached hydrogen (secondary N) is 2. The van der Waals surface area contributed by atoms with Crippen LogP contribution >= 0.6 is 11.3 Å². The Kier molecular flexibility index (Phi) is 4.95. The zero-order chi connectivity index (χ0) is 17.8. The number of methoxy groups -OCH3 is 1. The molecule has 0 unspecified atom stereocenters. The summed E-state index contributed by atoms with van der Waals surface area (Å²) in [5.74, 6) is -0.0489. The lowest BCUT2D eigenvalue weighted by molar-refractivity contribution is 0.103. The highest BCUT2D eigenvalue weighted by molar-refractivity contribution is 7.17. The van der Waals surface area contributed by atoms with Gasteiger partial charge in [0.15, 0.2) is 5.13 Å². The molecule has 3 aromatic rings. The Balaban J connectivity index is 1.79. The highest BCUT2D eigenvalue weighted by atomic mass is 32.1. The minimum Gasteiger partial charge on any atom is -0.495 e. The van der Waals surface area contributed by atoms with E-state index in [1.165, 1.54) is 23.5 Å². The van der Waals surface area contributed by atoms with Crippen molar-refractivity contribution in [2.75, 3.05) is 17.7 Å². The first kappa shape index (κ1) is 16.9. The predicted octanol–water partition coefficient (Wildman–Crippen LogP) is 4.60. The number of hydrogen-bond donors (Lipinski definition) is 2. The van der Waals surface area contributed by atoms with Gasteiger partial charge in [-0.2, -0.15) is 0 Å². The molecule has 7 heteroatoms. The monoisotopic (exact) mass is 357 g/mol. The van der Waals surface area contributed by atoms with Gasteiger partial charge < -0.3 is 15.4 Å². The third kappa shape index (κ3) is 3.95. The molecule has 0 atom stereocenters. The number of aryl methyl sites for hydroxylation is 1. The average molecular weight is 357 g/mol. The second-order valence-corrected chi connectivity index (χ2v) is 6.22. The molecule has 5 nitrogen and oxygen atoms in total. The molecular formula is C18H16FN3O2S. The van der Waals surface area contributed by atoms with E-state index in [0.717, 1.165) is 5.69 Å².